The minimum absolute atomic E-state index is 0.156. The summed E-state index contributed by atoms with van der Waals surface area (Å²) in [6, 6.07) is 7.03. The van der Waals surface area contributed by atoms with Gasteiger partial charge in [0.05, 0.1) is 5.92 Å². The van der Waals surface area contributed by atoms with Crippen molar-refractivity contribution in [1.29, 1.82) is 0 Å². The van der Waals surface area contributed by atoms with Gasteiger partial charge in [0.15, 0.2) is 0 Å². The first kappa shape index (κ1) is 11.7. The van der Waals surface area contributed by atoms with E-state index in [2.05, 4.69) is 30.5 Å². The molecule has 3 nitrogen and oxygen atoms in total. The van der Waals surface area contributed by atoms with E-state index < -0.39 is 0 Å². The van der Waals surface area contributed by atoms with Crippen LogP contribution in [0.25, 0.3) is 0 Å². The molecule has 0 radical (unpaired) electrons. The van der Waals surface area contributed by atoms with Gasteiger partial charge in [0.25, 0.3) is 0 Å². The second kappa shape index (κ2) is 4.39. The Balaban J connectivity index is 1.73. The molecule has 0 aliphatic carbocycles. The van der Waals surface area contributed by atoms with Crippen LogP contribution in [-0.2, 0) is 4.79 Å². The lowest BCUT2D eigenvalue weighted by molar-refractivity contribution is -0.120. The lowest BCUT2D eigenvalue weighted by Gasteiger charge is -2.20. The lowest BCUT2D eigenvalue weighted by atomic mass is 9.88. The zero-order valence-electron chi connectivity index (χ0n) is 11.0. The van der Waals surface area contributed by atoms with E-state index in [4.69, 9.17) is 0 Å². The number of carbonyl (C=O) groups is 1. The number of carbonyl (C=O) groups excluding carboxylic acids is 1. The Labute approximate surface area is 108 Å². The molecule has 2 fully saturated rings. The first-order valence-electron chi connectivity index (χ1n) is 6.78. The summed E-state index contributed by atoms with van der Waals surface area (Å²) in [6.45, 7) is 4.13. The Morgan fingerprint density at radius 3 is 2.83 bits per heavy atom. The van der Waals surface area contributed by atoms with Gasteiger partial charge in [-0.3, -0.25) is 4.79 Å². The third-order valence-electron chi connectivity index (χ3n) is 4.50. The van der Waals surface area contributed by atoms with Gasteiger partial charge in [-0.05, 0) is 50.3 Å². The van der Waals surface area contributed by atoms with Crippen molar-refractivity contribution in [3.63, 3.8) is 0 Å². The average Bonchev–Trinajstić information content (AvgIpc) is 2.97. The van der Waals surface area contributed by atoms with E-state index in [1.165, 1.54) is 17.5 Å². The molecule has 1 aromatic carbocycles. The molecule has 0 saturated carbocycles. The fraction of sp³-hybridized carbons (Fsp3) is 0.533. The molecule has 2 N–H and O–H groups in total. The Bertz CT molecular complexity index is 483. The van der Waals surface area contributed by atoms with Crippen molar-refractivity contribution in [2.45, 2.75) is 45.2 Å². The maximum absolute atomic E-state index is 12.3. The van der Waals surface area contributed by atoms with Gasteiger partial charge in [0, 0.05) is 17.8 Å². The number of hydrogen-bond acceptors (Lipinski definition) is 2. The Morgan fingerprint density at radius 2 is 2.17 bits per heavy atom. The van der Waals surface area contributed by atoms with Gasteiger partial charge in [-0.1, -0.05) is 12.1 Å². The number of rotatable bonds is 2. The van der Waals surface area contributed by atoms with Crippen LogP contribution in [0.3, 0.4) is 0 Å². The quantitative estimate of drug-likeness (QED) is 0.838. The summed E-state index contributed by atoms with van der Waals surface area (Å²) in [5, 5.41) is 6.61. The van der Waals surface area contributed by atoms with Crippen molar-refractivity contribution < 1.29 is 4.79 Å². The molecule has 1 amide bonds. The van der Waals surface area contributed by atoms with Crippen LogP contribution in [0.5, 0.6) is 0 Å². The van der Waals surface area contributed by atoms with Crippen molar-refractivity contribution in [2.24, 2.45) is 5.92 Å². The summed E-state index contributed by atoms with van der Waals surface area (Å²) in [5.74, 6) is 0.340. The number of benzene rings is 1. The molecule has 2 aliphatic heterocycles. The molecule has 1 aromatic rings. The number of amides is 1. The molecule has 0 aromatic heterocycles. The minimum Gasteiger partial charge on any atom is -0.326 e. The van der Waals surface area contributed by atoms with E-state index in [0.717, 1.165) is 18.5 Å². The van der Waals surface area contributed by atoms with Gasteiger partial charge < -0.3 is 10.6 Å². The van der Waals surface area contributed by atoms with E-state index in [1.54, 1.807) is 0 Å². The first-order chi connectivity index (χ1) is 8.65. The molecule has 18 heavy (non-hydrogen) atoms. The van der Waals surface area contributed by atoms with Crippen LogP contribution in [-0.4, -0.2) is 18.0 Å². The Hall–Kier alpha value is -1.35. The smallest absolute Gasteiger partial charge is 0.229 e. The first-order valence-corrected chi connectivity index (χ1v) is 6.78. The van der Waals surface area contributed by atoms with Crippen LogP contribution in [0, 0.1) is 19.8 Å². The van der Waals surface area contributed by atoms with Crippen LogP contribution < -0.4 is 10.6 Å². The summed E-state index contributed by atoms with van der Waals surface area (Å²) in [7, 11) is 0. The highest BCUT2D eigenvalue weighted by molar-refractivity contribution is 5.94. The van der Waals surface area contributed by atoms with Crippen molar-refractivity contribution in [1.82, 2.24) is 5.32 Å². The second-order valence-electron chi connectivity index (χ2n) is 5.63. The van der Waals surface area contributed by atoms with Crippen molar-refractivity contribution in [3.05, 3.63) is 29.3 Å². The summed E-state index contributed by atoms with van der Waals surface area (Å²) in [5.41, 5.74) is 3.35. The van der Waals surface area contributed by atoms with E-state index in [-0.39, 0.29) is 11.8 Å². The summed E-state index contributed by atoms with van der Waals surface area (Å²) < 4.78 is 0. The third kappa shape index (κ3) is 1.93. The van der Waals surface area contributed by atoms with Gasteiger partial charge in [-0.2, -0.15) is 0 Å². The number of aryl methyl sites for hydroxylation is 1. The van der Waals surface area contributed by atoms with Crippen molar-refractivity contribution in [3.8, 4) is 0 Å². The highest BCUT2D eigenvalue weighted by Crippen LogP contribution is 2.34. The molecule has 0 spiro atoms. The fourth-order valence-corrected chi connectivity index (χ4v) is 3.23. The third-order valence-corrected chi connectivity index (χ3v) is 4.50. The van der Waals surface area contributed by atoms with Crippen LogP contribution in [0.15, 0.2) is 18.2 Å². The molecule has 3 rings (SSSR count). The highest BCUT2D eigenvalue weighted by atomic mass is 16.2. The predicted octanol–water partition coefficient (Wildman–Crippen LogP) is 2.38. The molecule has 2 bridgehead atoms. The molecular weight excluding hydrogens is 224 g/mol. The van der Waals surface area contributed by atoms with Crippen molar-refractivity contribution >= 4 is 11.6 Å². The van der Waals surface area contributed by atoms with Crippen molar-refractivity contribution in [2.75, 3.05) is 5.32 Å². The summed E-state index contributed by atoms with van der Waals surface area (Å²) in [4.78, 5) is 12.3. The summed E-state index contributed by atoms with van der Waals surface area (Å²) >= 11 is 0. The molecule has 96 valence electrons. The SMILES string of the molecule is Cc1cccc(NC(=O)C2CC3CCC2N3)c1C. The molecule has 3 atom stereocenters. The Morgan fingerprint density at radius 1 is 1.33 bits per heavy atom. The maximum Gasteiger partial charge on any atom is 0.229 e. The van der Waals surface area contributed by atoms with Gasteiger partial charge in [0.2, 0.25) is 5.91 Å². The van der Waals surface area contributed by atoms with Crippen LogP contribution in [0.1, 0.15) is 30.4 Å². The molecular formula is C15H20N2O. The van der Waals surface area contributed by atoms with E-state index >= 15 is 0 Å². The largest absolute Gasteiger partial charge is 0.326 e. The maximum atomic E-state index is 12.3. The van der Waals surface area contributed by atoms with E-state index in [0.29, 0.717) is 12.1 Å². The normalized spacial score (nSPS) is 29.6. The number of hydrogen-bond donors (Lipinski definition) is 2. The van der Waals surface area contributed by atoms with Gasteiger partial charge in [-0.15, -0.1) is 0 Å². The molecule has 3 unspecified atom stereocenters. The number of fused-ring (bicyclic) bond motifs is 2. The molecule has 3 heteroatoms. The summed E-state index contributed by atoms with van der Waals surface area (Å²) in [6.07, 6.45) is 3.38. The zero-order valence-corrected chi connectivity index (χ0v) is 11.0. The van der Waals surface area contributed by atoms with Crippen LogP contribution in [0.2, 0.25) is 0 Å². The van der Waals surface area contributed by atoms with Crippen LogP contribution in [0.4, 0.5) is 5.69 Å². The lowest BCUT2D eigenvalue weighted by Crippen LogP contribution is -2.33. The number of nitrogens with one attached hydrogen (secondary N) is 2. The average molecular weight is 244 g/mol. The monoisotopic (exact) mass is 244 g/mol. The topological polar surface area (TPSA) is 41.1 Å². The van der Waals surface area contributed by atoms with Gasteiger partial charge in [-0.25, -0.2) is 0 Å². The second-order valence-corrected chi connectivity index (χ2v) is 5.63. The number of anilines is 1. The van der Waals surface area contributed by atoms with Gasteiger partial charge in [0.1, 0.15) is 0 Å². The van der Waals surface area contributed by atoms with Crippen LogP contribution >= 0.6 is 0 Å². The zero-order chi connectivity index (χ0) is 12.7. The molecule has 2 saturated heterocycles. The molecule has 2 heterocycles. The minimum atomic E-state index is 0.156. The van der Waals surface area contributed by atoms with E-state index in [1.807, 2.05) is 12.1 Å². The molecule has 2 aliphatic rings. The van der Waals surface area contributed by atoms with Gasteiger partial charge >= 0.3 is 0 Å². The van der Waals surface area contributed by atoms with E-state index in [9.17, 15) is 4.79 Å². The Kier molecular flexibility index (Phi) is 2.86. The standard InChI is InChI=1S/C15H20N2O/c1-9-4-3-5-13(10(9)2)17-15(18)12-8-11-6-7-14(12)16-11/h3-5,11-12,14,16H,6-8H2,1-2H3,(H,17,18). The predicted molar refractivity (Wildman–Crippen MR) is 72.6 cm³/mol. The highest BCUT2D eigenvalue weighted by Gasteiger charge is 2.42. The fourth-order valence-electron chi connectivity index (χ4n) is 3.23.